The summed E-state index contributed by atoms with van der Waals surface area (Å²) in [4.78, 5) is 15.8. The molecular weight excluding hydrogens is 337 g/mol. The van der Waals surface area contributed by atoms with E-state index in [0.717, 1.165) is 19.3 Å². The third-order valence-electron chi connectivity index (χ3n) is 3.32. The van der Waals surface area contributed by atoms with Crippen molar-refractivity contribution < 1.29 is 13.2 Å². The monoisotopic (exact) mass is 355 g/mol. The van der Waals surface area contributed by atoms with Gasteiger partial charge >= 0.3 is 0 Å². The Morgan fingerprint density at radius 1 is 1.38 bits per heavy atom. The van der Waals surface area contributed by atoms with Gasteiger partial charge in [0, 0.05) is 12.2 Å². The van der Waals surface area contributed by atoms with Crippen LogP contribution < -0.4 is 10.6 Å². The van der Waals surface area contributed by atoms with Crippen molar-refractivity contribution in [2.24, 2.45) is 11.8 Å². The Hall–Kier alpha value is -0.890. The highest BCUT2D eigenvalue weighted by Crippen LogP contribution is 2.18. The number of carbonyl (C=O) groups excluding carboxylic acids is 1. The molecule has 0 aromatic carbocycles. The summed E-state index contributed by atoms with van der Waals surface area (Å²) in [6.45, 7) is 3.61. The Bertz CT molecular complexity index is 574. The largest absolute Gasteiger partial charge is 0.324 e. The van der Waals surface area contributed by atoms with Crippen molar-refractivity contribution in [2.75, 3.05) is 24.7 Å². The summed E-state index contributed by atoms with van der Waals surface area (Å²) in [7, 11) is -3.30. The van der Waals surface area contributed by atoms with Crippen molar-refractivity contribution in [1.29, 1.82) is 0 Å². The molecule has 1 atom stereocenters. The zero-order valence-corrected chi connectivity index (χ0v) is 14.1. The van der Waals surface area contributed by atoms with Gasteiger partial charge in [-0.3, -0.25) is 4.79 Å². The van der Waals surface area contributed by atoms with Crippen LogP contribution in [0.1, 0.15) is 6.92 Å². The number of aromatic nitrogens is 1. The zero-order chi connectivity index (χ0) is 14.0. The summed E-state index contributed by atoms with van der Waals surface area (Å²) >= 11 is 0. The van der Waals surface area contributed by atoms with Crippen LogP contribution in [-0.2, 0) is 14.6 Å². The van der Waals surface area contributed by atoms with Gasteiger partial charge in [0.1, 0.15) is 0 Å². The molecule has 1 amide bonds. The van der Waals surface area contributed by atoms with Gasteiger partial charge in [-0.2, -0.15) is 0 Å². The number of sulfone groups is 1. The molecule has 120 valence electrons. The number of hydrogen-bond donors (Lipinski definition) is 2. The third-order valence-corrected chi connectivity index (χ3v) is 4.32. The Labute approximate surface area is 136 Å². The second kappa shape index (κ2) is 7.93. The number of halogens is 2. The molecule has 2 N–H and O–H groups in total. The van der Waals surface area contributed by atoms with Gasteiger partial charge in [0.2, 0.25) is 5.91 Å². The van der Waals surface area contributed by atoms with E-state index in [1.165, 1.54) is 12.3 Å². The first-order valence-corrected chi connectivity index (χ1v) is 7.95. The maximum Gasteiger partial charge on any atom is 0.227 e. The van der Waals surface area contributed by atoms with E-state index in [1.807, 2.05) is 6.92 Å². The third kappa shape index (κ3) is 5.10. The average Bonchev–Trinajstić information content (AvgIpc) is 2.26. The van der Waals surface area contributed by atoms with Crippen LogP contribution in [0.25, 0.3) is 0 Å². The normalized spacial score (nSPS) is 15.9. The molecule has 1 saturated heterocycles. The van der Waals surface area contributed by atoms with Crippen LogP contribution >= 0.6 is 24.8 Å². The van der Waals surface area contributed by atoms with Crippen LogP contribution in [0.5, 0.6) is 0 Å². The number of amides is 1. The molecule has 1 unspecified atom stereocenters. The van der Waals surface area contributed by atoms with E-state index in [0.29, 0.717) is 11.6 Å². The smallest absolute Gasteiger partial charge is 0.227 e. The molecule has 0 spiro atoms. The van der Waals surface area contributed by atoms with Gasteiger partial charge in [-0.05, 0) is 31.1 Å². The van der Waals surface area contributed by atoms with E-state index in [9.17, 15) is 13.2 Å². The molecular formula is C12H19Cl2N3O3S. The molecule has 9 heteroatoms. The molecule has 2 heterocycles. The minimum Gasteiger partial charge on any atom is -0.324 e. The molecule has 0 aliphatic carbocycles. The topological polar surface area (TPSA) is 88.2 Å². The number of rotatable bonds is 4. The number of anilines is 1. The lowest BCUT2D eigenvalue weighted by atomic mass is 9.88. The molecule has 6 nitrogen and oxygen atoms in total. The molecule has 0 bridgehead atoms. The van der Waals surface area contributed by atoms with Gasteiger partial charge in [0.05, 0.1) is 11.9 Å². The number of hydrogen-bond acceptors (Lipinski definition) is 5. The van der Waals surface area contributed by atoms with E-state index in [4.69, 9.17) is 0 Å². The van der Waals surface area contributed by atoms with Gasteiger partial charge < -0.3 is 10.6 Å². The Morgan fingerprint density at radius 2 is 2.00 bits per heavy atom. The van der Waals surface area contributed by atoms with E-state index < -0.39 is 9.84 Å². The van der Waals surface area contributed by atoms with Crippen LogP contribution in [0.4, 0.5) is 5.69 Å². The molecule has 1 fully saturated rings. The minimum absolute atomic E-state index is 0. The fourth-order valence-corrected chi connectivity index (χ4v) is 2.37. The Balaban J connectivity index is 0.00000200. The highest BCUT2D eigenvalue weighted by Gasteiger charge is 2.28. The number of nitrogens with zero attached hydrogens (tertiary/aromatic N) is 1. The number of nitrogens with one attached hydrogen (secondary N) is 2. The van der Waals surface area contributed by atoms with Gasteiger partial charge in [-0.1, -0.05) is 6.92 Å². The Morgan fingerprint density at radius 3 is 2.38 bits per heavy atom. The van der Waals surface area contributed by atoms with E-state index >= 15 is 0 Å². The predicted molar refractivity (Wildman–Crippen MR) is 86.0 cm³/mol. The highest BCUT2D eigenvalue weighted by atomic mass is 35.5. The van der Waals surface area contributed by atoms with E-state index in [-0.39, 0.29) is 41.7 Å². The Kier molecular flexibility index (Phi) is 7.60. The van der Waals surface area contributed by atoms with E-state index in [2.05, 4.69) is 15.6 Å². The number of pyridine rings is 1. The summed E-state index contributed by atoms with van der Waals surface area (Å²) in [6, 6.07) is 2.94. The summed E-state index contributed by atoms with van der Waals surface area (Å²) in [5.74, 6) is 0.222. The molecule has 1 aliphatic rings. The molecule has 2 rings (SSSR count). The van der Waals surface area contributed by atoms with Crippen molar-refractivity contribution in [1.82, 2.24) is 10.3 Å². The second-order valence-electron chi connectivity index (χ2n) is 4.85. The van der Waals surface area contributed by atoms with Gasteiger partial charge in [0.25, 0.3) is 0 Å². The molecule has 1 aromatic rings. The maximum atomic E-state index is 11.9. The SMILES string of the molecule is CC(C(=O)Nc1ccc(S(C)(=O)=O)nc1)C1CNC1.Cl.Cl. The maximum absolute atomic E-state index is 11.9. The van der Waals surface area contributed by atoms with Crippen LogP contribution in [0.2, 0.25) is 0 Å². The van der Waals surface area contributed by atoms with Crippen LogP contribution in [0, 0.1) is 11.8 Å². The summed E-state index contributed by atoms with van der Waals surface area (Å²) in [6.07, 6.45) is 2.46. The summed E-state index contributed by atoms with van der Waals surface area (Å²) in [5, 5.41) is 5.87. The van der Waals surface area contributed by atoms with Crippen LogP contribution in [-0.4, -0.2) is 38.7 Å². The fourth-order valence-electron chi connectivity index (χ4n) is 1.81. The molecule has 1 aliphatic heterocycles. The first kappa shape index (κ1) is 20.1. The van der Waals surface area contributed by atoms with Crippen LogP contribution in [0.15, 0.2) is 23.4 Å². The van der Waals surface area contributed by atoms with Gasteiger partial charge in [-0.25, -0.2) is 13.4 Å². The second-order valence-corrected chi connectivity index (χ2v) is 6.82. The lowest BCUT2D eigenvalue weighted by molar-refractivity contribution is -0.121. The average molecular weight is 356 g/mol. The van der Waals surface area contributed by atoms with Crippen LogP contribution in [0.3, 0.4) is 0 Å². The molecule has 0 saturated carbocycles. The molecule has 0 radical (unpaired) electrons. The van der Waals surface area contributed by atoms with Gasteiger partial charge in [0.15, 0.2) is 14.9 Å². The first-order valence-electron chi connectivity index (χ1n) is 6.05. The number of carbonyl (C=O) groups is 1. The van der Waals surface area contributed by atoms with Crippen molar-refractivity contribution in [2.45, 2.75) is 11.9 Å². The van der Waals surface area contributed by atoms with E-state index in [1.54, 1.807) is 6.07 Å². The highest BCUT2D eigenvalue weighted by molar-refractivity contribution is 7.90. The predicted octanol–water partition coefficient (Wildman–Crippen LogP) is 1.12. The fraction of sp³-hybridized carbons (Fsp3) is 0.500. The van der Waals surface area contributed by atoms with Crippen molar-refractivity contribution in [3.05, 3.63) is 18.3 Å². The van der Waals surface area contributed by atoms with Gasteiger partial charge in [-0.15, -0.1) is 24.8 Å². The molecule has 21 heavy (non-hydrogen) atoms. The van der Waals surface area contributed by atoms with Crippen molar-refractivity contribution in [3.63, 3.8) is 0 Å². The lowest BCUT2D eigenvalue weighted by Gasteiger charge is -2.31. The summed E-state index contributed by atoms with van der Waals surface area (Å²) in [5.41, 5.74) is 0.511. The lowest BCUT2D eigenvalue weighted by Crippen LogP contribution is -2.48. The zero-order valence-electron chi connectivity index (χ0n) is 11.7. The minimum atomic E-state index is -3.30. The standard InChI is InChI=1S/C12H17N3O3S.2ClH/c1-8(9-5-13-6-9)12(16)15-10-3-4-11(14-7-10)19(2,17)18;;/h3-4,7-9,13H,5-6H2,1-2H3,(H,15,16);2*1H. The first-order chi connectivity index (χ1) is 8.88. The quantitative estimate of drug-likeness (QED) is 0.844. The van der Waals surface area contributed by atoms with Crippen molar-refractivity contribution in [3.8, 4) is 0 Å². The van der Waals surface area contributed by atoms with Crippen molar-refractivity contribution >= 4 is 46.2 Å². The summed E-state index contributed by atoms with van der Waals surface area (Å²) < 4.78 is 22.5. The molecule has 1 aromatic heterocycles.